The van der Waals surface area contributed by atoms with Crippen molar-refractivity contribution in [3.8, 4) is 11.5 Å². The number of ether oxygens (including phenoxy) is 2. The van der Waals surface area contributed by atoms with Gasteiger partial charge in [0.25, 0.3) is 0 Å². The number of halogens is 1. The molecule has 0 saturated carbocycles. The van der Waals surface area contributed by atoms with E-state index in [1.807, 2.05) is 49.4 Å². The second-order valence-corrected chi connectivity index (χ2v) is 6.09. The summed E-state index contributed by atoms with van der Waals surface area (Å²) in [5, 5.41) is 2.94. The van der Waals surface area contributed by atoms with Crippen LogP contribution in [-0.4, -0.2) is 20.1 Å². The molecule has 1 N–H and O–H groups in total. The van der Waals surface area contributed by atoms with E-state index in [4.69, 9.17) is 9.47 Å². The predicted octanol–water partition coefficient (Wildman–Crippen LogP) is 4.36. The van der Waals surface area contributed by atoms with Crippen molar-refractivity contribution in [2.75, 3.05) is 14.2 Å². The molecule has 1 atom stereocenters. The number of methoxy groups -OCH3 is 2. The lowest BCUT2D eigenvalue weighted by Crippen LogP contribution is -2.24. The van der Waals surface area contributed by atoms with Crippen LogP contribution in [0.3, 0.4) is 0 Å². The van der Waals surface area contributed by atoms with Crippen molar-refractivity contribution in [3.05, 3.63) is 64.1 Å². The average Bonchev–Trinajstić information content (AvgIpc) is 2.60. The van der Waals surface area contributed by atoms with Crippen LogP contribution in [0.5, 0.6) is 11.5 Å². The molecule has 1 amide bonds. The highest BCUT2D eigenvalue weighted by Gasteiger charge is 2.10. The molecule has 5 heteroatoms. The minimum Gasteiger partial charge on any atom is -0.497 e. The van der Waals surface area contributed by atoms with Gasteiger partial charge in [-0.1, -0.05) is 18.2 Å². The van der Waals surface area contributed by atoms with Crippen LogP contribution in [0.15, 0.2) is 53.0 Å². The van der Waals surface area contributed by atoms with E-state index in [2.05, 4.69) is 21.2 Å². The molecule has 0 fully saturated rings. The highest BCUT2D eigenvalue weighted by molar-refractivity contribution is 9.10. The largest absolute Gasteiger partial charge is 0.497 e. The van der Waals surface area contributed by atoms with Crippen LogP contribution in [0.4, 0.5) is 0 Å². The summed E-state index contributed by atoms with van der Waals surface area (Å²) in [7, 11) is 3.24. The normalized spacial score (nSPS) is 12.0. The first kappa shape index (κ1) is 18.1. The smallest absolute Gasteiger partial charge is 0.244 e. The lowest BCUT2D eigenvalue weighted by molar-refractivity contribution is -0.117. The van der Waals surface area contributed by atoms with Gasteiger partial charge in [0, 0.05) is 6.08 Å². The standard InChI is InChI=1S/C19H20BrNO3/c1-13(15-7-10-18(24-3)17(20)12-15)21-19(22)11-6-14-4-8-16(23-2)9-5-14/h4-13H,1-3H3,(H,21,22)/b11-6+/t13-/m0/s1. The Hall–Kier alpha value is -2.27. The second-order valence-electron chi connectivity index (χ2n) is 5.23. The first-order valence-electron chi connectivity index (χ1n) is 7.49. The zero-order valence-electron chi connectivity index (χ0n) is 13.9. The van der Waals surface area contributed by atoms with Gasteiger partial charge in [0.15, 0.2) is 0 Å². The summed E-state index contributed by atoms with van der Waals surface area (Å²) in [6.45, 7) is 1.94. The third kappa shape index (κ3) is 4.86. The van der Waals surface area contributed by atoms with Gasteiger partial charge in [0.1, 0.15) is 11.5 Å². The molecule has 2 aromatic rings. The fourth-order valence-corrected chi connectivity index (χ4v) is 2.74. The molecule has 4 nitrogen and oxygen atoms in total. The van der Waals surface area contributed by atoms with Crippen LogP contribution in [0, 0.1) is 0 Å². The lowest BCUT2D eigenvalue weighted by Gasteiger charge is -2.14. The molecule has 2 rings (SSSR count). The van der Waals surface area contributed by atoms with Gasteiger partial charge in [-0.15, -0.1) is 0 Å². The van der Waals surface area contributed by atoms with Crippen LogP contribution >= 0.6 is 15.9 Å². The van der Waals surface area contributed by atoms with Gasteiger partial charge in [-0.3, -0.25) is 4.79 Å². The lowest BCUT2D eigenvalue weighted by atomic mass is 10.1. The number of rotatable bonds is 6. The number of hydrogen-bond donors (Lipinski definition) is 1. The van der Waals surface area contributed by atoms with Crippen molar-refractivity contribution >= 4 is 27.9 Å². The summed E-state index contributed by atoms with van der Waals surface area (Å²) >= 11 is 3.45. The Bertz CT molecular complexity index is 726. The van der Waals surface area contributed by atoms with E-state index in [1.165, 1.54) is 6.08 Å². The van der Waals surface area contributed by atoms with Crippen molar-refractivity contribution in [1.29, 1.82) is 0 Å². The highest BCUT2D eigenvalue weighted by Crippen LogP contribution is 2.27. The first-order chi connectivity index (χ1) is 11.5. The van der Waals surface area contributed by atoms with Crippen LogP contribution in [0.1, 0.15) is 24.1 Å². The Balaban J connectivity index is 1.97. The molecule has 126 valence electrons. The van der Waals surface area contributed by atoms with E-state index < -0.39 is 0 Å². The Morgan fingerprint density at radius 1 is 1.12 bits per heavy atom. The second kappa shape index (κ2) is 8.55. The summed E-state index contributed by atoms with van der Waals surface area (Å²) in [5.41, 5.74) is 1.93. The molecule has 0 unspecified atom stereocenters. The minimum atomic E-state index is -0.148. The number of nitrogens with one attached hydrogen (secondary N) is 1. The van der Waals surface area contributed by atoms with Gasteiger partial charge in [-0.25, -0.2) is 0 Å². The van der Waals surface area contributed by atoms with E-state index >= 15 is 0 Å². The fourth-order valence-electron chi connectivity index (χ4n) is 2.18. The molecular weight excluding hydrogens is 370 g/mol. The molecule has 2 aromatic carbocycles. The molecule has 0 aliphatic carbocycles. The number of amides is 1. The van der Waals surface area contributed by atoms with Gasteiger partial charge in [-0.2, -0.15) is 0 Å². The third-order valence-electron chi connectivity index (χ3n) is 3.58. The molecule has 24 heavy (non-hydrogen) atoms. The molecule has 0 aliphatic rings. The van der Waals surface area contributed by atoms with Crippen LogP contribution < -0.4 is 14.8 Å². The van der Waals surface area contributed by atoms with Gasteiger partial charge in [0.05, 0.1) is 24.7 Å². The van der Waals surface area contributed by atoms with Crippen molar-refractivity contribution < 1.29 is 14.3 Å². The molecule has 0 saturated heterocycles. The van der Waals surface area contributed by atoms with Crippen molar-refractivity contribution in [3.63, 3.8) is 0 Å². The zero-order valence-corrected chi connectivity index (χ0v) is 15.5. The molecule has 0 heterocycles. The Kier molecular flexibility index (Phi) is 6.44. The molecule has 0 spiro atoms. The predicted molar refractivity (Wildman–Crippen MR) is 99.3 cm³/mol. The van der Waals surface area contributed by atoms with Gasteiger partial charge in [0.2, 0.25) is 5.91 Å². The summed E-state index contributed by atoms with van der Waals surface area (Å²) in [5.74, 6) is 1.40. The van der Waals surface area contributed by atoms with E-state index in [1.54, 1.807) is 20.3 Å². The molecule has 0 aliphatic heterocycles. The zero-order chi connectivity index (χ0) is 17.5. The molecular formula is C19H20BrNO3. The number of carbonyl (C=O) groups excluding carboxylic acids is 1. The van der Waals surface area contributed by atoms with Crippen LogP contribution in [0.2, 0.25) is 0 Å². The highest BCUT2D eigenvalue weighted by atomic mass is 79.9. The van der Waals surface area contributed by atoms with E-state index in [0.29, 0.717) is 0 Å². The van der Waals surface area contributed by atoms with E-state index in [9.17, 15) is 4.79 Å². The average molecular weight is 390 g/mol. The Morgan fingerprint density at radius 3 is 2.42 bits per heavy atom. The maximum absolute atomic E-state index is 12.1. The van der Waals surface area contributed by atoms with Gasteiger partial charge in [-0.05, 0) is 64.3 Å². The molecule has 0 aromatic heterocycles. The number of benzene rings is 2. The minimum absolute atomic E-state index is 0.111. The molecule has 0 radical (unpaired) electrons. The fraction of sp³-hybridized carbons (Fsp3) is 0.211. The van der Waals surface area contributed by atoms with Crippen LogP contribution in [0.25, 0.3) is 6.08 Å². The SMILES string of the molecule is COc1ccc(/C=C/C(=O)N[C@@H](C)c2ccc(OC)c(Br)c2)cc1. The number of carbonyl (C=O) groups is 1. The molecule has 0 bridgehead atoms. The third-order valence-corrected chi connectivity index (χ3v) is 4.20. The quantitative estimate of drug-likeness (QED) is 0.746. The Labute approximate surface area is 150 Å². The van der Waals surface area contributed by atoms with E-state index in [-0.39, 0.29) is 11.9 Å². The van der Waals surface area contributed by atoms with E-state index in [0.717, 1.165) is 27.1 Å². The van der Waals surface area contributed by atoms with Crippen LogP contribution in [-0.2, 0) is 4.79 Å². The van der Waals surface area contributed by atoms with Crippen molar-refractivity contribution in [2.45, 2.75) is 13.0 Å². The topological polar surface area (TPSA) is 47.6 Å². The summed E-state index contributed by atoms with van der Waals surface area (Å²) in [6, 6.07) is 13.1. The monoisotopic (exact) mass is 389 g/mol. The summed E-state index contributed by atoms with van der Waals surface area (Å²) < 4.78 is 11.2. The van der Waals surface area contributed by atoms with Gasteiger partial charge < -0.3 is 14.8 Å². The summed E-state index contributed by atoms with van der Waals surface area (Å²) in [4.78, 5) is 12.1. The number of hydrogen-bond acceptors (Lipinski definition) is 3. The maximum atomic E-state index is 12.1. The summed E-state index contributed by atoms with van der Waals surface area (Å²) in [6.07, 6.45) is 3.29. The van der Waals surface area contributed by atoms with Gasteiger partial charge >= 0.3 is 0 Å². The van der Waals surface area contributed by atoms with Crippen molar-refractivity contribution in [2.24, 2.45) is 0 Å². The Morgan fingerprint density at radius 2 is 1.83 bits per heavy atom. The maximum Gasteiger partial charge on any atom is 0.244 e. The van der Waals surface area contributed by atoms with Crippen molar-refractivity contribution in [1.82, 2.24) is 5.32 Å². The first-order valence-corrected chi connectivity index (χ1v) is 8.29.